The van der Waals surface area contributed by atoms with Crippen LogP contribution in [-0.4, -0.2) is 0 Å². The summed E-state index contributed by atoms with van der Waals surface area (Å²) in [5, 5.41) is 4.39. The lowest BCUT2D eigenvalue weighted by Gasteiger charge is -2.19. The van der Waals surface area contributed by atoms with Gasteiger partial charge in [-0.15, -0.1) is 0 Å². The number of benzene rings is 2. The number of hydrogen-bond acceptors (Lipinski definition) is 1. The summed E-state index contributed by atoms with van der Waals surface area (Å²) in [5.74, 6) is 0. The van der Waals surface area contributed by atoms with Gasteiger partial charge in [-0.3, -0.25) is 0 Å². The van der Waals surface area contributed by atoms with Crippen molar-refractivity contribution in [1.29, 1.82) is 0 Å². The quantitative estimate of drug-likeness (QED) is 0.581. The molecular formula is C17H18BrCl2N. The zero-order valence-corrected chi connectivity index (χ0v) is 15.4. The maximum atomic E-state index is 6.23. The SMILES string of the molecule is CC(C)(C)c1ccc(CNc2ccc(Br)c(Cl)c2Cl)cc1. The summed E-state index contributed by atoms with van der Waals surface area (Å²) < 4.78 is 0.800. The molecule has 0 fully saturated rings. The van der Waals surface area contributed by atoms with E-state index in [1.165, 1.54) is 11.1 Å². The molecule has 0 spiro atoms. The molecule has 0 aliphatic rings. The van der Waals surface area contributed by atoms with Crippen LogP contribution in [0.4, 0.5) is 5.69 Å². The van der Waals surface area contributed by atoms with Gasteiger partial charge in [0, 0.05) is 11.0 Å². The van der Waals surface area contributed by atoms with Crippen molar-refractivity contribution in [2.45, 2.75) is 32.7 Å². The Hall–Kier alpha value is -0.700. The second-order valence-electron chi connectivity index (χ2n) is 6.02. The first-order valence-corrected chi connectivity index (χ1v) is 8.31. The molecule has 2 aromatic carbocycles. The summed E-state index contributed by atoms with van der Waals surface area (Å²) in [7, 11) is 0. The van der Waals surface area contributed by atoms with Gasteiger partial charge in [-0.05, 0) is 44.6 Å². The maximum Gasteiger partial charge on any atom is 0.0835 e. The Bertz CT molecular complexity index is 630. The fourth-order valence-electron chi connectivity index (χ4n) is 1.98. The minimum atomic E-state index is 0.175. The van der Waals surface area contributed by atoms with E-state index in [9.17, 15) is 0 Å². The summed E-state index contributed by atoms with van der Waals surface area (Å²) >= 11 is 15.7. The van der Waals surface area contributed by atoms with Gasteiger partial charge in [-0.1, -0.05) is 68.2 Å². The standard InChI is InChI=1S/C17H18BrCl2N/c1-17(2,3)12-6-4-11(5-7-12)10-21-14-9-8-13(18)15(19)16(14)20/h4-9,21H,10H2,1-3H3. The van der Waals surface area contributed by atoms with Gasteiger partial charge in [0.05, 0.1) is 15.7 Å². The average Bonchev–Trinajstić information content (AvgIpc) is 2.43. The molecule has 0 unspecified atom stereocenters. The molecule has 112 valence electrons. The molecule has 0 heterocycles. The van der Waals surface area contributed by atoms with E-state index in [2.05, 4.69) is 66.3 Å². The highest BCUT2D eigenvalue weighted by molar-refractivity contribution is 9.10. The van der Waals surface area contributed by atoms with Crippen molar-refractivity contribution in [3.8, 4) is 0 Å². The zero-order chi connectivity index (χ0) is 15.6. The van der Waals surface area contributed by atoms with Crippen molar-refractivity contribution >= 4 is 44.8 Å². The smallest absolute Gasteiger partial charge is 0.0835 e. The number of anilines is 1. The van der Waals surface area contributed by atoms with Gasteiger partial charge in [-0.25, -0.2) is 0 Å². The van der Waals surface area contributed by atoms with E-state index in [0.29, 0.717) is 16.6 Å². The Morgan fingerprint density at radius 3 is 2.14 bits per heavy atom. The van der Waals surface area contributed by atoms with Gasteiger partial charge in [0.2, 0.25) is 0 Å². The first-order chi connectivity index (χ1) is 9.79. The maximum absolute atomic E-state index is 6.23. The van der Waals surface area contributed by atoms with Gasteiger partial charge >= 0.3 is 0 Å². The highest BCUT2D eigenvalue weighted by Crippen LogP contribution is 2.36. The minimum absolute atomic E-state index is 0.175. The van der Waals surface area contributed by atoms with E-state index in [1.54, 1.807) is 0 Å². The Morgan fingerprint density at radius 1 is 0.952 bits per heavy atom. The van der Waals surface area contributed by atoms with Gasteiger partial charge in [0.15, 0.2) is 0 Å². The minimum Gasteiger partial charge on any atom is -0.380 e. The number of rotatable bonds is 3. The largest absolute Gasteiger partial charge is 0.380 e. The predicted octanol–water partition coefficient (Wildman–Crippen LogP) is 6.67. The number of nitrogens with one attached hydrogen (secondary N) is 1. The highest BCUT2D eigenvalue weighted by Gasteiger charge is 2.13. The lowest BCUT2D eigenvalue weighted by molar-refractivity contribution is 0.590. The molecule has 2 rings (SSSR count). The average molecular weight is 387 g/mol. The van der Waals surface area contributed by atoms with Crippen LogP contribution in [0.5, 0.6) is 0 Å². The van der Waals surface area contributed by atoms with Crippen LogP contribution in [-0.2, 0) is 12.0 Å². The molecule has 0 bridgehead atoms. The summed E-state index contributed by atoms with van der Waals surface area (Å²) in [5.41, 5.74) is 3.55. The Balaban J connectivity index is 2.09. The molecule has 1 N–H and O–H groups in total. The molecule has 2 aromatic rings. The summed E-state index contributed by atoms with van der Waals surface area (Å²) in [6.45, 7) is 7.35. The van der Waals surface area contributed by atoms with E-state index in [1.807, 2.05) is 12.1 Å². The molecule has 1 nitrogen and oxygen atoms in total. The molecule has 0 atom stereocenters. The molecule has 0 aromatic heterocycles. The van der Waals surface area contributed by atoms with Crippen LogP contribution in [0.3, 0.4) is 0 Å². The molecule has 0 radical (unpaired) electrons. The molecular weight excluding hydrogens is 369 g/mol. The van der Waals surface area contributed by atoms with Crippen LogP contribution in [0.25, 0.3) is 0 Å². The van der Waals surface area contributed by atoms with Crippen LogP contribution < -0.4 is 5.32 Å². The molecule has 0 aliphatic carbocycles. The summed E-state index contributed by atoms with van der Waals surface area (Å²) in [6, 6.07) is 12.4. The lowest BCUT2D eigenvalue weighted by atomic mass is 9.87. The first kappa shape index (κ1) is 16.7. The van der Waals surface area contributed by atoms with Crippen molar-refractivity contribution in [2.75, 3.05) is 5.32 Å². The molecule has 0 saturated heterocycles. The zero-order valence-electron chi connectivity index (χ0n) is 12.3. The van der Waals surface area contributed by atoms with Crippen LogP contribution in [0, 0.1) is 0 Å². The van der Waals surface area contributed by atoms with Crippen LogP contribution in [0.15, 0.2) is 40.9 Å². The summed E-state index contributed by atoms with van der Waals surface area (Å²) in [4.78, 5) is 0. The molecule has 21 heavy (non-hydrogen) atoms. The topological polar surface area (TPSA) is 12.0 Å². The molecule has 0 amide bonds. The second kappa shape index (κ2) is 6.60. The summed E-state index contributed by atoms with van der Waals surface area (Å²) in [6.07, 6.45) is 0. The van der Waals surface area contributed by atoms with E-state index in [4.69, 9.17) is 23.2 Å². The highest BCUT2D eigenvalue weighted by atomic mass is 79.9. The fourth-order valence-corrected chi connectivity index (χ4v) is 2.82. The van der Waals surface area contributed by atoms with Crippen molar-refractivity contribution < 1.29 is 0 Å². The van der Waals surface area contributed by atoms with E-state index < -0.39 is 0 Å². The monoisotopic (exact) mass is 385 g/mol. The third-order valence-corrected chi connectivity index (χ3v) is 5.11. The first-order valence-electron chi connectivity index (χ1n) is 6.76. The van der Waals surface area contributed by atoms with Gasteiger partial charge < -0.3 is 5.32 Å². The normalized spacial score (nSPS) is 11.5. The molecule has 0 aliphatic heterocycles. The van der Waals surface area contributed by atoms with Crippen LogP contribution in [0.1, 0.15) is 31.9 Å². The van der Waals surface area contributed by atoms with Crippen LogP contribution >= 0.6 is 39.1 Å². The van der Waals surface area contributed by atoms with E-state index >= 15 is 0 Å². The lowest BCUT2D eigenvalue weighted by Crippen LogP contribution is -2.11. The van der Waals surface area contributed by atoms with E-state index in [-0.39, 0.29) is 5.41 Å². The second-order valence-corrected chi connectivity index (χ2v) is 7.63. The third-order valence-electron chi connectivity index (χ3n) is 3.34. The van der Waals surface area contributed by atoms with Crippen molar-refractivity contribution in [3.05, 3.63) is 62.0 Å². The third kappa shape index (κ3) is 4.15. The van der Waals surface area contributed by atoms with Crippen molar-refractivity contribution in [2.24, 2.45) is 0 Å². The Labute approximate surface area is 144 Å². The molecule has 0 saturated carbocycles. The van der Waals surface area contributed by atoms with Gasteiger partial charge in [0.25, 0.3) is 0 Å². The molecule has 4 heteroatoms. The fraction of sp³-hybridized carbons (Fsp3) is 0.294. The number of halogens is 3. The predicted molar refractivity (Wildman–Crippen MR) is 96.6 cm³/mol. The van der Waals surface area contributed by atoms with Gasteiger partial charge in [0.1, 0.15) is 0 Å². The van der Waals surface area contributed by atoms with Gasteiger partial charge in [-0.2, -0.15) is 0 Å². The Kier molecular flexibility index (Phi) is 5.24. The van der Waals surface area contributed by atoms with Crippen molar-refractivity contribution in [3.63, 3.8) is 0 Å². The number of hydrogen-bond donors (Lipinski definition) is 1. The van der Waals surface area contributed by atoms with E-state index in [0.717, 1.165) is 10.2 Å². The van der Waals surface area contributed by atoms with Crippen molar-refractivity contribution in [1.82, 2.24) is 0 Å². The van der Waals surface area contributed by atoms with Crippen LogP contribution in [0.2, 0.25) is 10.0 Å². The Morgan fingerprint density at radius 2 is 1.57 bits per heavy atom.